The van der Waals surface area contributed by atoms with Crippen molar-refractivity contribution in [2.45, 2.75) is 77.3 Å². The van der Waals surface area contributed by atoms with E-state index in [1.165, 1.54) is 23.6 Å². The van der Waals surface area contributed by atoms with E-state index in [4.69, 9.17) is 0 Å². The molecule has 1 aromatic rings. The van der Waals surface area contributed by atoms with Crippen LogP contribution in [0.2, 0.25) is 0 Å². The van der Waals surface area contributed by atoms with Crippen molar-refractivity contribution in [3.63, 3.8) is 0 Å². The number of hydrogen-bond donors (Lipinski definition) is 1. The van der Waals surface area contributed by atoms with E-state index in [9.17, 15) is 13.2 Å². The third-order valence-corrected chi connectivity index (χ3v) is 6.38. The topological polar surface area (TPSA) is 66.5 Å². The summed E-state index contributed by atoms with van der Waals surface area (Å²) in [5.74, 6) is -0.222. The fourth-order valence-corrected chi connectivity index (χ4v) is 4.78. The molecule has 0 saturated heterocycles. The minimum Gasteiger partial charge on any atom is -0.352 e. The SMILES string of the molecule is CCc1ccc(N([C@H](C)C(=O)NC2CCCCCCC2)S(C)(=O)=O)cc1. The quantitative estimate of drug-likeness (QED) is 0.819. The number of rotatable bonds is 6. The molecule has 2 rings (SSSR count). The molecular weight excluding hydrogens is 348 g/mol. The number of carbonyl (C=O) groups is 1. The number of carbonyl (C=O) groups excluding carboxylic acids is 1. The fraction of sp³-hybridized carbons (Fsp3) is 0.650. The standard InChI is InChI=1S/C20H32N2O3S/c1-4-17-12-14-19(15-13-17)22(26(3,24)25)16(2)20(23)21-18-10-8-6-5-7-9-11-18/h12-16,18H,4-11H2,1-3H3,(H,21,23)/t16-/m1/s1. The van der Waals surface area contributed by atoms with Crippen molar-refractivity contribution in [3.8, 4) is 0 Å². The largest absolute Gasteiger partial charge is 0.352 e. The zero-order chi connectivity index (χ0) is 19.2. The first-order chi connectivity index (χ1) is 12.3. The molecular formula is C20H32N2O3S. The number of sulfonamides is 1. The molecule has 1 aliphatic carbocycles. The summed E-state index contributed by atoms with van der Waals surface area (Å²) in [6, 6.07) is 6.75. The summed E-state index contributed by atoms with van der Waals surface area (Å²) in [5.41, 5.74) is 1.67. The summed E-state index contributed by atoms with van der Waals surface area (Å²) < 4.78 is 26.0. The highest BCUT2D eigenvalue weighted by Crippen LogP contribution is 2.23. The van der Waals surface area contributed by atoms with Gasteiger partial charge in [-0.15, -0.1) is 0 Å². The Bertz CT molecular complexity index is 678. The van der Waals surface area contributed by atoms with Gasteiger partial charge in [0.25, 0.3) is 0 Å². The molecule has 0 aromatic heterocycles. The predicted octanol–water partition coefficient (Wildman–Crippen LogP) is 3.63. The summed E-state index contributed by atoms with van der Waals surface area (Å²) in [7, 11) is -3.56. The minimum absolute atomic E-state index is 0.147. The second kappa shape index (κ2) is 9.40. The zero-order valence-corrected chi connectivity index (χ0v) is 17.0. The fourth-order valence-electron chi connectivity index (χ4n) is 3.61. The van der Waals surface area contributed by atoms with E-state index < -0.39 is 16.1 Å². The smallest absolute Gasteiger partial charge is 0.243 e. The van der Waals surface area contributed by atoms with Crippen LogP contribution in [0.5, 0.6) is 0 Å². The van der Waals surface area contributed by atoms with Gasteiger partial charge in [0.15, 0.2) is 0 Å². The zero-order valence-electron chi connectivity index (χ0n) is 16.2. The van der Waals surface area contributed by atoms with Gasteiger partial charge in [-0.25, -0.2) is 8.42 Å². The molecule has 146 valence electrons. The summed E-state index contributed by atoms with van der Waals surface area (Å²) in [6.45, 7) is 3.71. The van der Waals surface area contributed by atoms with Gasteiger partial charge in [0, 0.05) is 6.04 Å². The van der Waals surface area contributed by atoms with Crippen LogP contribution in [0.15, 0.2) is 24.3 Å². The Morgan fingerprint density at radius 2 is 1.65 bits per heavy atom. The Morgan fingerprint density at radius 1 is 1.12 bits per heavy atom. The van der Waals surface area contributed by atoms with E-state index in [1.54, 1.807) is 19.1 Å². The summed E-state index contributed by atoms with van der Waals surface area (Å²) >= 11 is 0. The Hall–Kier alpha value is -1.56. The van der Waals surface area contributed by atoms with Crippen molar-refractivity contribution in [2.75, 3.05) is 10.6 Å². The number of nitrogens with zero attached hydrogens (tertiary/aromatic N) is 1. The summed E-state index contributed by atoms with van der Waals surface area (Å²) in [5, 5.41) is 3.09. The van der Waals surface area contributed by atoms with Crippen LogP contribution in [0.4, 0.5) is 5.69 Å². The molecule has 1 amide bonds. The van der Waals surface area contributed by atoms with Gasteiger partial charge in [-0.1, -0.05) is 51.2 Å². The Balaban J connectivity index is 2.14. The van der Waals surface area contributed by atoms with E-state index in [1.807, 2.05) is 19.1 Å². The molecule has 26 heavy (non-hydrogen) atoms. The van der Waals surface area contributed by atoms with Gasteiger partial charge >= 0.3 is 0 Å². The third kappa shape index (κ3) is 5.73. The van der Waals surface area contributed by atoms with Gasteiger partial charge in [0.2, 0.25) is 15.9 Å². The number of aryl methyl sites for hydroxylation is 1. The van der Waals surface area contributed by atoms with Gasteiger partial charge in [0.1, 0.15) is 6.04 Å². The van der Waals surface area contributed by atoms with Gasteiger partial charge in [0.05, 0.1) is 11.9 Å². The summed E-state index contributed by atoms with van der Waals surface area (Å²) in [6.07, 6.45) is 9.92. The molecule has 1 aromatic carbocycles. The number of amides is 1. The maximum Gasteiger partial charge on any atom is 0.243 e. The van der Waals surface area contributed by atoms with Crippen molar-refractivity contribution in [2.24, 2.45) is 0 Å². The van der Waals surface area contributed by atoms with Crippen molar-refractivity contribution in [1.29, 1.82) is 0 Å². The molecule has 0 bridgehead atoms. The first-order valence-corrected chi connectivity index (χ1v) is 11.6. The molecule has 0 unspecified atom stereocenters. The highest BCUT2D eigenvalue weighted by atomic mass is 32.2. The first kappa shape index (κ1) is 20.7. The lowest BCUT2D eigenvalue weighted by molar-refractivity contribution is -0.122. The highest BCUT2D eigenvalue weighted by Gasteiger charge is 2.30. The molecule has 1 fully saturated rings. The Kier molecular flexibility index (Phi) is 7.50. The molecule has 5 nitrogen and oxygen atoms in total. The Morgan fingerprint density at radius 3 is 2.15 bits per heavy atom. The monoisotopic (exact) mass is 380 g/mol. The second-order valence-corrected chi connectivity index (χ2v) is 9.16. The van der Waals surface area contributed by atoms with Gasteiger partial charge in [-0.05, 0) is 43.9 Å². The number of benzene rings is 1. The maximum atomic E-state index is 12.8. The molecule has 0 radical (unpaired) electrons. The average Bonchev–Trinajstić information content (AvgIpc) is 2.56. The first-order valence-electron chi connectivity index (χ1n) is 9.71. The molecule has 1 aliphatic rings. The van der Waals surface area contributed by atoms with Gasteiger partial charge in [-0.3, -0.25) is 9.10 Å². The molecule has 1 N–H and O–H groups in total. The number of anilines is 1. The summed E-state index contributed by atoms with van der Waals surface area (Å²) in [4.78, 5) is 12.8. The predicted molar refractivity (Wildman–Crippen MR) is 107 cm³/mol. The molecule has 0 heterocycles. The average molecular weight is 381 g/mol. The van der Waals surface area contributed by atoms with Crippen LogP contribution in [0.3, 0.4) is 0 Å². The molecule has 1 atom stereocenters. The molecule has 6 heteroatoms. The van der Waals surface area contributed by atoms with Crippen LogP contribution in [-0.2, 0) is 21.2 Å². The van der Waals surface area contributed by atoms with Crippen LogP contribution in [-0.4, -0.2) is 32.7 Å². The molecule has 0 spiro atoms. The normalized spacial score (nSPS) is 17.8. The Labute approximate surface area is 158 Å². The van der Waals surface area contributed by atoms with Crippen LogP contribution in [0, 0.1) is 0 Å². The third-order valence-electron chi connectivity index (χ3n) is 5.14. The van der Waals surface area contributed by atoms with Crippen molar-refractivity contribution in [1.82, 2.24) is 5.32 Å². The van der Waals surface area contributed by atoms with E-state index in [-0.39, 0.29) is 11.9 Å². The second-order valence-electron chi connectivity index (χ2n) is 7.31. The van der Waals surface area contributed by atoms with E-state index >= 15 is 0 Å². The van der Waals surface area contributed by atoms with E-state index in [2.05, 4.69) is 5.32 Å². The van der Waals surface area contributed by atoms with Crippen LogP contribution >= 0.6 is 0 Å². The van der Waals surface area contributed by atoms with Crippen molar-refractivity contribution < 1.29 is 13.2 Å². The van der Waals surface area contributed by atoms with Crippen LogP contribution in [0.25, 0.3) is 0 Å². The van der Waals surface area contributed by atoms with E-state index in [0.29, 0.717) is 5.69 Å². The van der Waals surface area contributed by atoms with Crippen LogP contribution in [0.1, 0.15) is 64.4 Å². The minimum atomic E-state index is -3.56. The van der Waals surface area contributed by atoms with Gasteiger partial charge in [-0.2, -0.15) is 0 Å². The van der Waals surface area contributed by atoms with Crippen molar-refractivity contribution >= 4 is 21.6 Å². The number of hydrogen-bond acceptors (Lipinski definition) is 3. The lowest BCUT2D eigenvalue weighted by Gasteiger charge is -2.30. The van der Waals surface area contributed by atoms with Gasteiger partial charge < -0.3 is 5.32 Å². The molecule has 0 aliphatic heterocycles. The van der Waals surface area contributed by atoms with Crippen molar-refractivity contribution in [3.05, 3.63) is 29.8 Å². The van der Waals surface area contributed by atoms with E-state index in [0.717, 1.165) is 43.9 Å². The lowest BCUT2D eigenvalue weighted by atomic mass is 9.96. The lowest BCUT2D eigenvalue weighted by Crippen LogP contribution is -2.50. The maximum absolute atomic E-state index is 12.8. The molecule has 1 saturated carbocycles. The number of nitrogens with one attached hydrogen (secondary N) is 1. The van der Waals surface area contributed by atoms with Crippen LogP contribution < -0.4 is 9.62 Å². The highest BCUT2D eigenvalue weighted by molar-refractivity contribution is 7.92.